The van der Waals surface area contributed by atoms with Gasteiger partial charge in [-0.3, -0.25) is 4.79 Å². The maximum Gasteiger partial charge on any atom is 0.335 e. The maximum atomic E-state index is 13.8. The fraction of sp³-hybridized carbons (Fsp3) is 0. The third-order valence-corrected chi connectivity index (χ3v) is 3.64. The second-order valence-corrected chi connectivity index (χ2v) is 5.32. The van der Waals surface area contributed by atoms with Crippen molar-refractivity contribution in [3.63, 3.8) is 0 Å². The number of benzene rings is 2. The lowest BCUT2D eigenvalue weighted by Gasteiger charge is -2.09. The second-order valence-electron chi connectivity index (χ2n) is 4.06. The first-order valence-corrected chi connectivity index (χ1v) is 6.85. The minimum Gasteiger partial charge on any atom is -0.478 e. The van der Waals surface area contributed by atoms with Crippen LogP contribution in [0.5, 0.6) is 0 Å². The normalized spacial score (nSPS) is 10.2. The number of amides is 1. The first-order chi connectivity index (χ1) is 9.90. The van der Waals surface area contributed by atoms with Crippen molar-refractivity contribution in [1.82, 2.24) is 0 Å². The van der Waals surface area contributed by atoms with Gasteiger partial charge in [-0.2, -0.15) is 0 Å². The lowest BCUT2D eigenvalue weighted by atomic mass is 10.1. The first kappa shape index (κ1) is 15.5. The average Bonchev–Trinajstić information content (AvgIpc) is 2.43. The SMILES string of the molecule is O=C(O)c1ccc(Br)c(NC(=O)c2cccc(Cl)c2F)c1. The van der Waals surface area contributed by atoms with E-state index in [1.807, 2.05) is 0 Å². The maximum absolute atomic E-state index is 13.8. The summed E-state index contributed by atoms with van der Waals surface area (Å²) in [4.78, 5) is 23.0. The topological polar surface area (TPSA) is 66.4 Å². The number of carboxylic acids is 1. The molecule has 4 nitrogen and oxygen atoms in total. The highest BCUT2D eigenvalue weighted by Gasteiger charge is 2.16. The van der Waals surface area contributed by atoms with Gasteiger partial charge in [-0.25, -0.2) is 9.18 Å². The molecule has 7 heteroatoms. The second kappa shape index (κ2) is 6.24. The van der Waals surface area contributed by atoms with Crippen LogP contribution in [0.3, 0.4) is 0 Å². The van der Waals surface area contributed by atoms with E-state index in [0.717, 1.165) is 0 Å². The van der Waals surface area contributed by atoms with E-state index in [0.29, 0.717) is 4.47 Å². The third-order valence-electron chi connectivity index (χ3n) is 2.66. The Morgan fingerprint density at radius 3 is 2.62 bits per heavy atom. The number of anilines is 1. The third kappa shape index (κ3) is 3.40. The summed E-state index contributed by atoms with van der Waals surface area (Å²) in [6.07, 6.45) is 0. The number of hydrogen-bond donors (Lipinski definition) is 2. The lowest BCUT2D eigenvalue weighted by molar-refractivity contribution is 0.0696. The van der Waals surface area contributed by atoms with Gasteiger partial charge >= 0.3 is 5.97 Å². The van der Waals surface area contributed by atoms with Crippen LogP contribution in [0.4, 0.5) is 10.1 Å². The number of aromatic carboxylic acids is 1. The van der Waals surface area contributed by atoms with Crippen molar-refractivity contribution in [2.24, 2.45) is 0 Å². The van der Waals surface area contributed by atoms with Crippen LogP contribution in [0.1, 0.15) is 20.7 Å². The molecule has 2 rings (SSSR count). The van der Waals surface area contributed by atoms with Gasteiger partial charge in [0.05, 0.1) is 21.8 Å². The first-order valence-electron chi connectivity index (χ1n) is 5.68. The Balaban J connectivity index is 2.33. The fourth-order valence-corrected chi connectivity index (χ4v) is 2.14. The molecule has 2 aromatic carbocycles. The predicted molar refractivity (Wildman–Crippen MR) is 80.5 cm³/mol. The molecule has 108 valence electrons. The summed E-state index contributed by atoms with van der Waals surface area (Å²) < 4.78 is 14.2. The quantitative estimate of drug-likeness (QED) is 0.849. The fourth-order valence-electron chi connectivity index (χ4n) is 1.62. The van der Waals surface area contributed by atoms with Gasteiger partial charge in [0.1, 0.15) is 0 Å². The van der Waals surface area contributed by atoms with Crippen LogP contribution in [0, 0.1) is 5.82 Å². The van der Waals surface area contributed by atoms with Gasteiger partial charge in [0.2, 0.25) is 0 Å². The molecule has 0 spiro atoms. The lowest BCUT2D eigenvalue weighted by Crippen LogP contribution is -2.14. The van der Waals surface area contributed by atoms with E-state index >= 15 is 0 Å². The van der Waals surface area contributed by atoms with E-state index < -0.39 is 17.7 Å². The molecule has 1 amide bonds. The van der Waals surface area contributed by atoms with Crippen LogP contribution >= 0.6 is 27.5 Å². The highest BCUT2D eigenvalue weighted by molar-refractivity contribution is 9.10. The van der Waals surface area contributed by atoms with Crippen molar-refractivity contribution < 1.29 is 19.1 Å². The van der Waals surface area contributed by atoms with E-state index in [2.05, 4.69) is 21.2 Å². The Kier molecular flexibility index (Phi) is 4.59. The monoisotopic (exact) mass is 371 g/mol. The molecule has 0 aliphatic heterocycles. The minimum absolute atomic E-state index is 0.0000611. The molecule has 0 aliphatic carbocycles. The van der Waals surface area contributed by atoms with E-state index in [1.165, 1.54) is 36.4 Å². The molecular formula is C14H8BrClFNO3. The van der Waals surface area contributed by atoms with Gasteiger partial charge in [0.15, 0.2) is 5.82 Å². The molecule has 2 aromatic rings. The van der Waals surface area contributed by atoms with Crippen LogP contribution in [0.2, 0.25) is 5.02 Å². The molecule has 0 heterocycles. The van der Waals surface area contributed by atoms with E-state index in [9.17, 15) is 14.0 Å². The molecule has 0 fully saturated rings. The molecule has 0 aromatic heterocycles. The predicted octanol–water partition coefficient (Wildman–Crippen LogP) is 4.19. The number of halogens is 3. The molecule has 0 atom stereocenters. The zero-order chi connectivity index (χ0) is 15.6. The van der Waals surface area contributed by atoms with Gasteiger partial charge < -0.3 is 10.4 Å². The summed E-state index contributed by atoms with van der Waals surface area (Å²) >= 11 is 8.80. The van der Waals surface area contributed by atoms with Crippen molar-refractivity contribution in [3.05, 3.63) is 62.8 Å². The number of carbonyl (C=O) groups is 2. The molecule has 0 bridgehead atoms. The van der Waals surface area contributed by atoms with Crippen LogP contribution in [0.15, 0.2) is 40.9 Å². The Morgan fingerprint density at radius 1 is 1.24 bits per heavy atom. The van der Waals surface area contributed by atoms with Crippen molar-refractivity contribution in [3.8, 4) is 0 Å². The van der Waals surface area contributed by atoms with Gasteiger partial charge in [0, 0.05) is 4.47 Å². The minimum atomic E-state index is -1.13. The molecule has 21 heavy (non-hydrogen) atoms. The van der Waals surface area contributed by atoms with Crippen molar-refractivity contribution in [2.75, 3.05) is 5.32 Å². The molecule has 0 saturated carbocycles. The van der Waals surface area contributed by atoms with Gasteiger partial charge in [-0.05, 0) is 46.3 Å². The summed E-state index contributed by atoms with van der Waals surface area (Å²) in [5, 5.41) is 11.2. The number of nitrogens with one attached hydrogen (secondary N) is 1. The highest BCUT2D eigenvalue weighted by Crippen LogP contribution is 2.25. The largest absolute Gasteiger partial charge is 0.478 e. The van der Waals surface area contributed by atoms with Crippen LogP contribution < -0.4 is 5.32 Å². The molecule has 0 saturated heterocycles. The van der Waals surface area contributed by atoms with E-state index in [4.69, 9.17) is 16.7 Å². The van der Waals surface area contributed by atoms with Crippen molar-refractivity contribution >= 4 is 45.1 Å². The molecular weight excluding hydrogens is 365 g/mol. The van der Waals surface area contributed by atoms with Gasteiger partial charge in [-0.1, -0.05) is 17.7 Å². The van der Waals surface area contributed by atoms with Crippen LogP contribution in [0.25, 0.3) is 0 Å². The number of hydrogen-bond acceptors (Lipinski definition) is 2. The Bertz CT molecular complexity index is 736. The molecule has 0 aliphatic rings. The number of carbonyl (C=O) groups excluding carboxylic acids is 1. The Labute approximate surface area is 132 Å². The van der Waals surface area contributed by atoms with E-state index in [1.54, 1.807) is 0 Å². The summed E-state index contributed by atoms with van der Waals surface area (Å²) in [6.45, 7) is 0. The Hall–Kier alpha value is -1.92. The summed E-state index contributed by atoms with van der Waals surface area (Å²) in [5.41, 5.74) is -0.00512. The summed E-state index contributed by atoms with van der Waals surface area (Å²) in [5.74, 6) is -2.69. The van der Waals surface area contributed by atoms with Gasteiger partial charge in [0.25, 0.3) is 5.91 Å². The Morgan fingerprint density at radius 2 is 1.95 bits per heavy atom. The smallest absolute Gasteiger partial charge is 0.335 e. The zero-order valence-electron chi connectivity index (χ0n) is 10.4. The van der Waals surface area contributed by atoms with Crippen molar-refractivity contribution in [2.45, 2.75) is 0 Å². The number of rotatable bonds is 3. The molecule has 0 unspecified atom stereocenters. The standard InChI is InChI=1S/C14H8BrClFNO3/c15-9-5-4-7(14(20)21)6-11(9)18-13(19)8-2-1-3-10(16)12(8)17/h1-6H,(H,18,19)(H,20,21). The summed E-state index contributed by atoms with van der Waals surface area (Å²) in [6, 6.07) is 8.19. The zero-order valence-corrected chi connectivity index (χ0v) is 12.7. The van der Waals surface area contributed by atoms with Crippen LogP contribution in [-0.4, -0.2) is 17.0 Å². The molecule has 2 N–H and O–H groups in total. The van der Waals surface area contributed by atoms with Gasteiger partial charge in [-0.15, -0.1) is 0 Å². The van der Waals surface area contributed by atoms with E-state index in [-0.39, 0.29) is 21.8 Å². The average molecular weight is 373 g/mol. The van der Waals surface area contributed by atoms with Crippen LogP contribution in [-0.2, 0) is 0 Å². The number of carboxylic acid groups (broad SMARTS) is 1. The highest BCUT2D eigenvalue weighted by atomic mass is 79.9. The molecule has 0 radical (unpaired) electrons. The van der Waals surface area contributed by atoms with Crippen molar-refractivity contribution in [1.29, 1.82) is 0 Å². The summed E-state index contributed by atoms with van der Waals surface area (Å²) in [7, 11) is 0.